The highest BCUT2D eigenvalue weighted by Gasteiger charge is 2.32. The Morgan fingerprint density at radius 3 is 2.75 bits per heavy atom. The molecule has 1 saturated heterocycles. The summed E-state index contributed by atoms with van der Waals surface area (Å²) in [7, 11) is 0. The fourth-order valence-corrected chi connectivity index (χ4v) is 2.46. The van der Waals surface area contributed by atoms with Gasteiger partial charge in [0.1, 0.15) is 0 Å². The summed E-state index contributed by atoms with van der Waals surface area (Å²) >= 11 is 0. The molecule has 2 nitrogen and oxygen atoms in total. The maximum Gasteiger partial charge on any atom is 0.0236 e. The fraction of sp³-hybridized carbons (Fsp3) is 0.571. The van der Waals surface area contributed by atoms with E-state index in [0.717, 1.165) is 19.6 Å². The highest BCUT2D eigenvalue weighted by atomic mass is 15.2. The lowest BCUT2D eigenvalue weighted by atomic mass is 9.90. The first-order valence-electron chi connectivity index (χ1n) is 6.10. The zero-order chi connectivity index (χ0) is 11.6. The van der Waals surface area contributed by atoms with Gasteiger partial charge in [-0.25, -0.2) is 0 Å². The molecule has 0 spiro atoms. The van der Waals surface area contributed by atoms with Crippen LogP contribution < -0.4 is 5.73 Å². The zero-order valence-electron chi connectivity index (χ0n) is 10.4. The van der Waals surface area contributed by atoms with E-state index in [9.17, 15) is 0 Å². The van der Waals surface area contributed by atoms with Crippen molar-refractivity contribution >= 4 is 0 Å². The minimum absolute atomic E-state index is 0.336. The Morgan fingerprint density at radius 1 is 1.38 bits per heavy atom. The van der Waals surface area contributed by atoms with E-state index >= 15 is 0 Å². The Bertz CT molecular complexity index is 362. The molecule has 2 rings (SSSR count). The molecule has 16 heavy (non-hydrogen) atoms. The van der Waals surface area contributed by atoms with Gasteiger partial charge in [0.2, 0.25) is 0 Å². The largest absolute Gasteiger partial charge is 0.330 e. The zero-order valence-corrected chi connectivity index (χ0v) is 10.4. The van der Waals surface area contributed by atoms with Gasteiger partial charge in [-0.2, -0.15) is 0 Å². The molecule has 88 valence electrons. The number of nitrogens with zero attached hydrogens (tertiary/aromatic N) is 1. The summed E-state index contributed by atoms with van der Waals surface area (Å²) in [4.78, 5) is 2.52. The topological polar surface area (TPSA) is 29.3 Å². The van der Waals surface area contributed by atoms with Crippen LogP contribution in [0, 0.1) is 12.3 Å². The molecule has 1 aliphatic rings. The standard InChI is InChI=1S/C14H22N2/c1-12-5-3-4-6-13(12)9-16-8-7-14(2,10-15)11-16/h3-6H,7-11,15H2,1-2H3. The van der Waals surface area contributed by atoms with Crippen LogP contribution >= 0.6 is 0 Å². The van der Waals surface area contributed by atoms with Gasteiger partial charge in [-0.05, 0) is 43.0 Å². The number of nitrogens with two attached hydrogens (primary N) is 1. The fourth-order valence-electron chi connectivity index (χ4n) is 2.46. The molecule has 0 aliphatic carbocycles. The first kappa shape index (κ1) is 11.6. The summed E-state index contributed by atoms with van der Waals surface area (Å²) in [5, 5.41) is 0. The SMILES string of the molecule is Cc1ccccc1CN1CCC(C)(CN)C1. The third kappa shape index (κ3) is 2.45. The van der Waals surface area contributed by atoms with Crippen molar-refractivity contribution < 1.29 is 0 Å². The van der Waals surface area contributed by atoms with Gasteiger partial charge < -0.3 is 5.73 Å². The molecule has 1 aromatic carbocycles. The van der Waals surface area contributed by atoms with E-state index in [0.29, 0.717) is 5.41 Å². The van der Waals surface area contributed by atoms with Crippen LogP contribution in [0.4, 0.5) is 0 Å². The lowest BCUT2D eigenvalue weighted by Gasteiger charge is -2.23. The van der Waals surface area contributed by atoms with Gasteiger partial charge in [-0.3, -0.25) is 4.90 Å². The van der Waals surface area contributed by atoms with Crippen LogP contribution in [0.5, 0.6) is 0 Å². The number of rotatable bonds is 3. The first-order chi connectivity index (χ1) is 7.63. The Kier molecular flexibility index (Phi) is 3.31. The third-order valence-corrected chi connectivity index (χ3v) is 3.78. The summed E-state index contributed by atoms with van der Waals surface area (Å²) in [6.45, 7) is 8.68. The molecule has 0 aromatic heterocycles. The van der Waals surface area contributed by atoms with Crippen molar-refractivity contribution in [3.8, 4) is 0 Å². The van der Waals surface area contributed by atoms with Crippen LogP contribution in [-0.2, 0) is 6.54 Å². The van der Waals surface area contributed by atoms with E-state index < -0.39 is 0 Å². The van der Waals surface area contributed by atoms with Crippen LogP contribution in [0.1, 0.15) is 24.5 Å². The Morgan fingerprint density at radius 2 is 2.12 bits per heavy atom. The third-order valence-electron chi connectivity index (χ3n) is 3.78. The summed E-state index contributed by atoms with van der Waals surface area (Å²) < 4.78 is 0. The highest BCUT2D eigenvalue weighted by Crippen LogP contribution is 2.29. The summed E-state index contributed by atoms with van der Waals surface area (Å²) in [5.74, 6) is 0. The molecule has 1 aromatic rings. The summed E-state index contributed by atoms with van der Waals surface area (Å²) in [5.41, 5.74) is 9.00. The molecular weight excluding hydrogens is 196 g/mol. The van der Waals surface area contributed by atoms with Gasteiger partial charge >= 0.3 is 0 Å². The van der Waals surface area contributed by atoms with E-state index in [2.05, 4.69) is 43.0 Å². The molecule has 1 aliphatic heterocycles. The number of aryl methyl sites for hydroxylation is 1. The summed E-state index contributed by atoms with van der Waals surface area (Å²) in [6, 6.07) is 8.65. The molecule has 0 bridgehead atoms. The number of hydrogen-bond acceptors (Lipinski definition) is 2. The number of likely N-dealkylation sites (tertiary alicyclic amines) is 1. The van der Waals surface area contributed by atoms with Crippen molar-refractivity contribution in [2.45, 2.75) is 26.8 Å². The van der Waals surface area contributed by atoms with Crippen molar-refractivity contribution in [3.05, 3.63) is 35.4 Å². The van der Waals surface area contributed by atoms with Gasteiger partial charge in [0.25, 0.3) is 0 Å². The smallest absolute Gasteiger partial charge is 0.0236 e. The van der Waals surface area contributed by atoms with Crippen LogP contribution in [0.2, 0.25) is 0 Å². The van der Waals surface area contributed by atoms with Gasteiger partial charge in [0.15, 0.2) is 0 Å². The lowest BCUT2D eigenvalue weighted by molar-refractivity contribution is 0.274. The van der Waals surface area contributed by atoms with E-state index in [1.54, 1.807) is 0 Å². The molecule has 1 fully saturated rings. The van der Waals surface area contributed by atoms with Crippen LogP contribution in [0.25, 0.3) is 0 Å². The molecule has 0 radical (unpaired) electrons. The number of benzene rings is 1. The Hall–Kier alpha value is -0.860. The molecule has 2 N–H and O–H groups in total. The van der Waals surface area contributed by atoms with Crippen LogP contribution in [0.15, 0.2) is 24.3 Å². The Labute approximate surface area is 98.4 Å². The number of hydrogen-bond donors (Lipinski definition) is 1. The molecule has 1 atom stereocenters. The van der Waals surface area contributed by atoms with Crippen molar-refractivity contribution in [2.75, 3.05) is 19.6 Å². The second kappa shape index (κ2) is 4.56. The maximum absolute atomic E-state index is 5.83. The lowest BCUT2D eigenvalue weighted by Crippen LogP contribution is -2.31. The monoisotopic (exact) mass is 218 g/mol. The second-order valence-electron chi connectivity index (χ2n) is 5.40. The van der Waals surface area contributed by atoms with Gasteiger partial charge in [0, 0.05) is 13.1 Å². The minimum atomic E-state index is 0.336. The predicted molar refractivity (Wildman–Crippen MR) is 68.2 cm³/mol. The highest BCUT2D eigenvalue weighted by molar-refractivity contribution is 5.25. The predicted octanol–water partition coefficient (Wildman–Crippen LogP) is 2.17. The van der Waals surface area contributed by atoms with Gasteiger partial charge in [-0.1, -0.05) is 31.2 Å². The van der Waals surface area contributed by atoms with E-state index in [4.69, 9.17) is 5.73 Å². The average molecular weight is 218 g/mol. The molecule has 1 heterocycles. The molecule has 0 saturated carbocycles. The van der Waals surface area contributed by atoms with Gasteiger partial charge in [0.05, 0.1) is 0 Å². The molecule has 1 unspecified atom stereocenters. The van der Waals surface area contributed by atoms with Crippen LogP contribution in [0.3, 0.4) is 0 Å². The quantitative estimate of drug-likeness (QED) is 0.842. The molecule has 0 amide bonds. The van der Waals surface area contributed by atoms with Crippen molar-refractivity contribution in [1.82, 2.24) is 4.90 Å². The van der Waals surface area contributed by atoms with Crippen LogP contribution in [-0.4, -0.2) is 24.5 Å². The molecular formula is C14H22N2. The van der Waals surface area contributed by atoms with E-state index in [1.165, 1.54) is 24.1 Å². The summed E-state index contributed by atoms with van der Waals surface area (Å²) in [6.07, 6.45) is 1.23. The van der Waals surface area contributed by atoms with Gasteiger partial charge in [-0.15, -0.1) is 0 Å². The van der Waals surface area contributed by atoms with Crippen molar-refractivity contribution in [2.24, 2.45) is 11.1 Å². The average Bonchev–Trinajstić information content (AvgIpc) is 2.65. The van der Waals surface area contributed by atoms with Crippen molar-refractivity contribution in [3.63, 3.8) is 0 Å². The second-order valence-corrected chi connectivity index (χ2v) is 5.40. The Balaban J connectivity index is 2.00. The normalized spacial score (nSPS) is 26.2. The van der Waals surface area contributed by atoms with E-state index in [1.807, 2.05) is 0 Å². The first-order valence-corrected chi connectivity index (χ1v) is 6.10. The van der Waals surface area contributed by atoms with E-state index in [-0.39, 0.29) is 0 Å². The minimum Gasteiger partial charge on any atom is -0.330 e. The molecule has 2 heteroatoms. The van der Waals surface area contributed by atoms with Crippen molar-refractivity contribution in [1.29, 1.82) is 0 Å². The maximum atomic E-state index is 5.83.